The maximum Gasteiger partial charge on any atom is 0.329 e. The van der Waals surface area contributed by atoms with E-state index in [0.717, 1.165) is 11.4 Å². The molecule has 0 saturated heterocycles. The van der Waals surface area contributed by atoms with Gasteiger partial charge in [-0.3, -0.25) is 8.51 Å². The number of carbonyl (C=O) groups excluding carboxylic acids is 1. The van der Waals surface area contributed by atoms with Crippen molar-refractivity contribution in [3.05, 3.63) is 24.3 Å². The minimum atomic E-state index is -3.03. The number of hydrogen-bond donors (Lipinski definition) is 0. The van der Waals surface area contributed by atoms with Gasteiger partial charge in [0, 0.05) is 23.4 Å². The van der Waals surface area contributed by atoms with Gasteiger partial charge < -0.3 is 14.0 Å². The Hall–Kier alpha value is -1.74. The number of anilines is 1. The van der Waals surface area contributed by atoms with E-state index in [-0.39, 0.29) is 12.1 Å². The Morgan fingerprint density at radius 1 is 1.35 bits per heavy atom. The van der Waals surface area contributed by atoms with Crippen LogP contribution in [0.3, 0.4) is 0 Å². The lowest BCUT2D eigenvalue weighted by atomic mass is 10.1. The predicted octanol–water partition coefficient (Wildman–Crippen LogP) is 2.27. The van der Waals surface area contributed by atoms with Gasteiger partial charge in [-0.05, 0) is 37.6 Å². The number of nitrogens with zero attached hydrogens (tertiary/aromatic N) is 1. The Kier molecular flexibility index (Phi) is 6.89. The van der Waals surface area contributed by atoms with Crippen LogP contribution in [0.15, 0.2) is 24.3 Å². The molecule has 6 nitrogen and oxygen atoms in total. The lowest BCUT2D eigenvalue weighted by Gasteiger charge is -2.33. The maximum atomic E-state index is 13.1. The normalized spacial score (nSPS) is 14.0. The van der Waals surface area contributed by atoms with Crippen LogP contribution in [0.1, 0.15) is 19.8 Å². The monoisotopic (exact) mass is 350 g/mol. The number of ether oxygens (including phenoxy) is 2. The van der Waals surface area contributed by atoms with E-state index in [1.165, 1.54) is 31.4 Å². The molecule has 0 amide bonds. The van der Waals surface area contributed by atoms with Gasteiger partial charge in [0.1, 0.15) is 11.8 Å². The summed E-state index contributed by atoms with van der Waals surface area (Å²) in [6.07, 6.45) is -1.03. The van der Waals surface area contributed by atoms with Crippen LogP contribution < -0.4 is 9.04 Å². The van der Waals surface area contributed by atoms with Crippen LogP contribution in [-0.2, 0) is 20.8 Å². The smallest absolute Gasteiger partial charge is 0.329 e. The fourth-order valence-corrected chi connectivity index (χ4v) is 2.65. The maximum absolute atomic E-state index is 13.1. The summed E-state index contributed by atoms with van der Waals surface area (Å²) < 4.78 is 59.5. The van der Waals surface area contributed by atoms with E-state index in [1.54, 1.807) is 0 Å². The van der Waals surface area contributed by atoms with Gasteiger partial charge in [-0.15, -0.1) is 0 Å². The van der Waals surface area contributed by atoms with Crippen LogP contribution in [0.4, 0.5) is 14.5 Å². The first-order valence-corrected chi connectivity index (χ1v) is 7.71. The van der Waals surface area contributed by atoms with Gasteiger partial charge in [0.2, 0.25) is 5.92 Å². The lowest BCUT2D eigenvalue weighted by molar-refractivity contribution is -0.142. The summed E-state index contributed by atoms with van der Waals surface area (Å²) in [6, 6.07) is 4.44. The molecule has 0 bridgehead atoms. The number of benzene rings is 1. The van der Waals surface area contributed by atoms with Crippen molar-refractivity contribution >= 4 is 22.9 Å². The molecule has 0 radical (unpaired) electrons. The van der Waals surface area contributed by atoms with E-state index < -0.39 is 35.6 Å². The summed E-state index contributed by atoms with van der Waals surface area (Å²) >= 11 is -2.85. The second-order valence-electron chi connectivity index (χ2n) is 4.89. The molecule has 0 aliphatic carbocycles. The van der Waals surface area contributed by atoms with Crippen LogP contribution in [0, 0.1) is 0 Å². The van der Waals surface area contributed by atoms with Gasteiger partial charge in [-0.25, -0.2) is 13.6 Å². The van der Waals surface area contributed by atoms with Gasteiger partial charge in [-0.2, -0.15) is 0 Å². The van der Waals surface area contributed by atoms with Gasteiger partial charge in [-0.1, -0.05) is 0 Å². The zero-order valence-corrected chi connectivity index (χ0v) is 13.8. The summed E-state index contributed by atoms with van der Waals surface area (Å²) in [7, 11) is 2.51. The third-order valence-corrected chi connectivity index (χ3v) is 3.89. The van der Waals surface area contributed by atoms with Crippen molar-refractivity contribution in [2.45, 2.75) is 31.7 Å². The molecule has 0 N–H and O–H groups in total. The van der Waals surface area contributed by atoms with Crippen molar-refractivity contribution in [2.24, 2.45) is 0 Å². The molecule has 0 fully saturated rings. The number of methoxy groups -OCH3 is 2. The van der Waals surface area contributed by atoms with Crippen molar-refractivity contribution in [3.63, 3.8) is 0 Å². The molecule has 9 heteroatoms. The standard InChI is InChI=1S/C14H19F2NO5S/c1-14(15,16)9-8-12(13(18)22-3)17(23(19)20)10-4-6-11(21-2)7-5-10/h4-7,12H,8-9H2,1-3H3,(H,19,20)/p-1/t12-/m0/s1. The predicted molar refractivity (Wildman–Crippen MR) is 80.1 cm³/mol. The van der Waals surface area contributed by atoms with E-state index in [0.29, 0.717) is 12.7 Å². The van der Waals surface area contributed by atoms with Crippen LogP contribution in [-0.4, -0.2) is 40.9 Å². The molecule has 2 atom stereocenters. The summed E-state index contributed by atoms with van der Waals surface area (Å²) in [4.78, 5) is 11.9. The van der Waals surface area contributed by atoms with E-state index in [4.69, 9.17) is 4.74 Å². The first-order chi connectivity index (χ1) is 10.7. The van der Waals surface area contributed by atoms with E-state index in [1.807, 2.05) is 0 Å². The Bertz CT molecular complexity index is 547. The van der Waals surface area contributed by atoms with Crippen molar-refractivity contribution in [1.82, 2.24) is 0 Å². The largest absolute Gasteiger partial charge is 0.755 e. The summed E-state index contributed by atoms with van der Waals surface area (Å²) in [5, 5.41) is 0. The average molecular weight is 350 g/mol. The molecular weight excluding hydrogens is 332 g/mol. The molecule has 1 rings (SSSR count). The van der Waals surface area contributed by atoms with Crippen molar-refractivity contribution in [1.29, 1.82) is 0 Å². The Balaban J connectivity index is 3.13. The van der Waals surface area contributed by atoms with Gasteiger partial charge in [0.05, 0.1) is 14.2 Å². The topological polar surface area (TPSA) is 78.9 Å². The molecule has 1 aromatic rings. The number of carbonyl (C=O) groups is 1. The molecule has 23 heavy (non-hydrogen) atoms. The molecule has 0 aliphatic rings. The fraction of sp³-hybridized carbons (Fsp3) is 0.500. The molecular formula is C14H18F2NO5S-. The molecule has 130 valence electrons. The number of esters is 1. The minimum absolute atomic E-state index is 0.147. The highest BCUT2D eigenvalue weighted by atomic mass is 32.2. The van der Waals surface area contributed by atoms with Crippen molar-refractivity contribution < 1.29 is 31.8 Å². The SMILES string of the molecule is COC(=O)[C@H](CCC(C)(F)F)N(c1ccc(OC)cc1)S(=O)[O-]. The molecule has 0 heterocycles. The van der Waals surface area contributed by atoms with Crippen molar-refractivity contribution in [3.8, 4) is 5.75 Å². The minimum Gasteiger partial charge on any atom is -0.755 e. The van der Waals surface area contributed by atoms with Gasteiger partial charge in [0.15, 0.2) is 0 Å². The zero-order chi connectivity index (χ0) is 17.6. The zero-order valence-electron chi connectivity index (χ0n) is 13.0. The Morgan fingerprint density at radius 2 is 1.91 bits per heavy atom. The molecule has 1 aromatic carbocycles. The van der Waals surface area contributed by atoms with Gasteiger partial charge >= 0.3 is 5.97 Å². The first-order valence-electron chi connectivity index (χ1n) is 6.68. The molecule has 0 spiro atoms. The molecule has 0 saturated carbocycles. The lowest BCUT2D eigenvalue weighted by Crippen LogP contribution is -2.43. The average Bonchev–Trinajstić information content (AvgIpc) is 2.49. The second-order valence-corrected chi connectivity index (χ2v) is 5.72. The van der Waals surface area contributed by atoms with Crippen LogP contribution in [0.5, 0.6) is 5.75 Å². The number of alkyl halides is 2. The highest BCUT2D eigenvalue weighted by molar-refractivity contribution is 7.80. The second kappa shape index (κ2) is 8.21. The van der Waals surface area contributed by atoms with Crippen molar-refractivity contribution in [2.75, 3.05) is 18.5 Å². The summed E-state index contributed by atoms with van der Waals surface area (Å²) in [6.45, 7) is 0.702. The fourth-order valence-electron chi connectivity index (χ4n) is 1.96. The number of halogens is 2. The highest BCUT2D eigenvalue weighted by Gasteiger charge is 2.32. The molecule has 0 aromatic heterocycles. The van der Waals surface area contributed by atoms with Crippen LogP contribution in [0.25, 0.3) is 0 Å². The number of rotatable bonds is 8. The number of hydrogen-bond acceptors (Lipinski definition) is 5. The Labute approximate surface area is 135 Å². The van der Waals surface area contributed by atoms with Crippen LogP contribution >= 0.6 is 0 Å². The first kappa shape index (κ1) is 19.3. The van der Waals surface area contributed by atoms with Crippen LogP contribution in [0.2, 0.25) is 0 Å². The van der Waals surface area contributed by atoms with Gasteiger partial charge in [0.25, 0.3) is 0 Å². The quantitative estimate of drug-likeness (QED) is 0.531. The summed E-state index contributed by atoms with van der Waals surface area (Å²) in [5.41, 5.74) is 0.147. The highest BCUT2D eigenvalue weighted by Crippen LogP contribution is 2.27. The third-order valence-electron chi connectivity index (χ3n) is 3.10. The molecule has 1 unspecified atom stereocenters. The Morgan fingerprint density at radius 3 is 2.30 bits per heavy atom. The van der Waals surface area contributed by atoms with E-state index in [2.05, 4.69) is 4.74 Å². The summed E-state index contributed by atoms with van der Waals surface area (Å²) in [5.74, 6) is -3.45. The third kappa shape index (κ3) is 5.76. The molecule has 0 aliphatic heterocycles. The van der Waals surface area contributed by atoms with E-state index in [9.17, 15) is 22.3 Å². The van der Waals surface area contributed by atoms with E-state index >= 15 is 0 Å².